The number of hydrogen-bond acceptors (Lipinski definition) is 1. The number of rotatable bonds is 4. The van der Waals surface area contributed by atoms with Crippen molar-refractivity contribution in [3.8, 4) is 16.9 Å². The first-order valence-electron chi connectivity index (χ1n) is 5.67. The molecule has 1 nitrogen and oxygen atoms in total. The van der Waals surface area contributed by atoms with Crippen molar-refractivity contribution in [2.45, 2.75) is 10.7 Å². The summed E-state index contributed by atoms with van der Waals surface area (Å²) in [4.78, 5) is 0. The van der Waals surface area contributed by atoms with E-state index in [4.69, 9.17) is 4.74 Å². The largest absolute Gasteiger partial charge is 0.496 e. The third-order valence-electron chi connectivity index (χ3n) is 2.88. The summed E-state index contributed by atoms with van der Waals surface area (Å²) in [6.07, 6.45) is 0. The quantitative estimate of drug-likeness (QED) is 0.677. The fraction of sp³-hybridized carbons (Fsp3) is 0.200. The number of halogens is 2. The van der Waals surface area contributed by atoms with Crippen LogP contribution in [0.2, 0.25) is 0 Å². The first-order chi connectivity index (χ1) is 8.80. The van der Waals surface area contributed by atoms with Gasteiger partial charge in [-0.05, 0) is 28.8 Å². The smallest absolute Gasteiger partial charge is 0.123 e. The van der Waals surface area contributed by atoms with Crippen LogP contribution in [0.25, 0.3) is 11.1 Å². The summed E-state index contributed by atoms with van der Waals surface area (Å²) in [6.45, 7) is 0. The normalized spacial score (nSPS) is 10.4. The van der Waals surface area contributed by atoms with Gasteiger partial charge >= 0.3 is 0 Å². The monoisotopic (exact) mass is 368 g/mol. The molecule has 0 amide bonds. The average Bonchev–Trinajstić information content (AvgIpc) is 2.46. The van der Waals surface area contributed by atoms with Crippen LogP contribution in [-0.4, -0.2) is 7.11 Å². The molecular weight excluding hydrogens is 356 g/mol. The second-order valence-corrected chi connectivity index (χ2v) is 5.08. The first-order valence-corrected chi connectivity index (χ1v) is 7.91. The van der Waals surface area contributed by atoms with Crippen molar-refractivity contribution in [2.24, 2.45) is 0 Å². The van der Waals surface area contributed by atoms with Crippen molar-refractivity contribution in [3.05, 3.63) is 53.6 Å². The fourth-order valence-corrected chi connectivity index (χ4v) is 2.86. The topological polar surface area (TPSA) is 9.23 Å². The molecule has 2 rings (SSSR count). The summed E-state index contributed by atoms with van der Waals surface area (Å²) in [5.41, 5.74) is 4.89. The number of benzene rings is 2. The number of hydrogen-bond donors (Lipinski definition) is 0. The van der Waals surface area contributed by atoms with Crippen molar-refractivity contribution in [3.63, 3.8) is 0 Å². The fourth-order valence-electron chi connectivity index (χ4n) is 1.96. The maximum Gasteiger partial charge on any atom is 0.123 e. The molecule has 0 spiro atoms. The molecule has 0 aromatic heterocycles. The molecular formula is C15H14Br2O. The minimum atomic E-state index is 0.790. The third-order valence-corrected chi connectivity index (χ3v) is 4.09. The van der Waals surface area contributed by atoms with Crippen molar-refractivity contribution in [2.75, 3.05) is 7.11 Å². The van der Waals surface area contributed by atoms with Gasteiger partial charge in [0.2, 0.25) is 0 Å². The molecule has 0 saturated carbocycles. The van der Waals surface area contributed by atoms with Gasteiger partial charge in [-0.15, -0.1) is 0 Å². The summed E-state index contributed by atoms with van der Waals surface area (Å²) in [6, 6.07) is 14.7. The predicted molar refractivity (Wildman–Crippen MR) is 83.7 cm³/mol. The van der Waals surface area contributed by atoms with E-state index in [9.17, 15) is 0 Å². The minimum absolute atomic E-state index is 0.790. The maximum absolute atomic E-state index is 5.42. The molecule has 0 fully saturated rings. The second kappa shape index (κ2) is 6.39. The maximum atomic E-state index is 5.42. The number of ether oxygens (including phenoxy) is 1. The minimum Gasteiger partial charge on any atom is -0.496 e. The van der Waals surface area contributed by atoms with E-state index in [1.54, 1.807) is 7.11 Å². The molecule has 3 heteroatoms. The van der Waals surface area contributed by atoms with E-state index in [1.807, 2.05) is 6.07 Å². The molecule has 2 aromatic carbocycles. The van der Waals surface area contributed by atoms with Crippen molar-refractivity contribution in [1.29, 1.82) is 0 Å². The van der Waals surface area contributed by atoms with Crippen molar-refractivity contribution < 1.29 is 4.74 Å². The summed E-state index contributed by atoms with van der Waals surface area (Å²) < 4.78 is 5.42. The van der Waals surface area contributed by atoms with E-state index in [0.29, 0.717) is 0 Å². The van der Waals surface area contributed by atoms with Crippen LogP contribution in [0.15, 0.2) is 42.5 Å². The molecule has 0 N–H and O–H groups in total. The van der Waals surface area contributed by atoms with E-state index < -0.39 is 0 Å². The Morgan fingerprint density at radius 1 is 0.944 bits per heavy atom. The summed E-state index contributed by atoms with van der Waals surface area (Å²) >= 11 is 7.06. The molecule has 2 aromatic rings. The van der Waals surface area contributed by atoms with Crippen LogP contribution in [0.4, 0.5) is 0 Å². The molecule has 0 unspecified atom stereocenters. The van der Waals surface area contributed by atoms with Gasteiger partial charge in [-0.25, -0.2) is 0 Å². The van der Waals surface area contributed by atoms with Gasteiger partial charge in [0.05, 0.1) is 7.11 Å². The lowest BCUT2D eigenvalue weighted by molar-refractivity contribution is 0.411. The van der Waals surface area contributed by atoms with Crippen LogP contribution in [0.1, 0.15) is 11.1 Å². The molecule has 0 aliphatic carbocycles. The molecule has 18 heavy (non-hydrogen) atoms. The predicted octanol–water partition coefficient (Wildman–Crippen LogP) is 5.15. The van der Waals surface area contributed by atoms with Gasteiger partial charge in [0, 0.05) is 16.2 Å². The van der Waals surface area contributed by atoms with Crippen LogP contribution in [0.5, 0.6) is 5.75 Å². The zero-order valence-electron chi connectivity index (χ0n) is 10.1. The van der Waals surface area contributed by atoms with E-state index in [1.165, 1.54) is 22.3 Å². The van der Waals surface area contributed by atoms with E-state index in [2.05, 4.69) is 68.3 Å². The summed E-state index contributed by atoms with van der Waals surface area (Å²) in [5.74, 6) is 0.931. The Morgan fingerprint density at radius 3 is 2.17 bits per heavy atom. The van der Waals surface area contributed by atoms with Crippen LogP contribution < -0.4 is 4.74 Å². The zero-order valence-corrected chi connectivity index (χ0v) is 13.3. The molecule has 0 heterocycles. The number of methoxy groups -OCH3 is 1. The lowest BCUT2D eigenvalue weighted by Crippen LogP contribution is -1.94. The summed E-state index contributed by atoms with van der Waals surface area (Å²) in [5, 5.41) is 1.61. The SMILES string of the molecule is COc1cc(CBr)c(-c2ccccc2)cc1CBr. The van der Waals surface area contributed by atoms with Crippen molar-refractivity contribution >= 4 is 31.9 Å². The van der Waals surface area contributed by atoms with E-state index >= 15 is 0 Å². The standard InChI is InChI=1S/C15H14Br2O/c1-18-15-8-12(9-16)14(7-13(15)10-17)11-5-3-2-4-6-11/h2-8H,9-10H2,1H3. The third kappa shape index (κ3) is 2.78. The van der Waals surface area contributed by atoms with Gasteiger partial charge in [-0.3, -0.25) is 0 Å². The Bertz CT molecular complexity index is 524. The Balaban J connectivity index is 2.59. The highest BCUT2D eigenvalue weighted by atomic mass is 79.9. The molecule has 94 valence electrons. The van der Waals surface area contributed by atoms with Crippen LogP contribution in [0, 0.1) is 0 Å². The molecule has 0 atom stereocenters. The van der Waals surface area contributed by atoms with Crippen LogP contribution >= 0.6 is 31.9 Å². The highest BCUT2D eigenvalue weighted by molar-refractivity contribution is 9.08. The Kier molecular flexibility index (Phi) is 4.84. The van der Waals surface area contributed by atoms with Gasteiger partial charge < -0.3 is 4.74 Å². The van der Waals surface area contributed by atoms with E-state index in [0.717, 1.165) is 16.4 Å². The average molecular weight is 370 g/mol. The molecule has 0 radical (unpaired) electrons. The molecule has 0 aliphatic rings. The van der Waals surface area contributed by atoms with Crippen molar-refractivity contribution in [1.82, 2.24) is 0 Å². The van der Waals surface area contributed by atoms with Gasteiger partial charge in [-0.1, -0.05) is 62.2 Å². The molecule has 0 saturated heterocycles. The zero-order chi connectivity index (χ0) is 13.0. The van der Waals surface area contributed by atoms with Gasteiger partial charge in [0.25, 0.3) is 0 Å². The van der Waals surface area contributed by atoms with Gasteiger partial charge in [-0.2, -0.15) is 0 Å². The Hall–Kier alpha value is -0.800. The highest BCUT2D eigenvalue weighted by Gasteiger charge is 2.10. The van der Waals surface area contributed by atoms with Crippen LogP contribution in [0.3, 0.4) is 0 Å². The lowest BCUT2D eigenvalue weighted by Gasteiger charge is -2.13. The van der Waals surface area contributed by atoms with Gasteiger partial charge in [0.15, 0.2) is 0 Å². The lowest BCUT2D eigenvalue weighted by atomic mass is 9.98. The number of alkyl halides is 2. The van der Waals surface area contributed by atoms with Gasteiger partial charge in [0.1, 0.15) is 5.75 Å². The highest BCUT2D eigenvalue weighted by Crippen LogP contribution is 2.33. The van der Waals surface area contributed by atoms with Crippen LogP contribution in [-0.2, 0) is 10.7 Å². The second-order valence-electron chi connectivity index (χ2n) is 3.95. The molecule has 0 bridgehead atoms. The molecule has 0 aliphatic heterocycles. The Morgan fingerprint density at radius 2 is 1.61 bits per heavy atom. The first kappa shape index (κ1) is 13.6. The van der Waals surface area contributed by atoms with E-state index in [-0.39, 0.29) is 0 Å². The summed E-state index contributed by atoms with van der Waals surface area (Å²) in [7, 11) is 1.71. The Labute approximate surface area is 124 Å².